The van der Waals surface area contributed by atoms with Gasteiger partial charge in [0.15, 0.2) is 0 Å². The van der Waals surface area contributed by atoms with Gasteiger partial charge in [-0.3, -0.25) is 4.90 Å². The number of piperazine rings is 1. The van der Waals surface area contributed by atoms with Crippen LogP contribution >= 0.6 is 0 Å². The molecular weight excluding hydrogens is 288 g/mol. The molecule has 1 aromatic rings. The van der Waals surface area contributed by atoms with Gasteiger partial charge in [0.25, 0.3) is 0 Å². The van der Waals surface area contributed by atoms with E-state index in [1.807, 2.05) is 6.07 Å². The van der Waals surface area contributed by atoms with Crippen LogP contribution in [-0.4, -0.2) is 56.9 Å². The minimum absolute atomic E-state index is 0.136. The first kappa shape index (κ1) is 16.6. The minimum Gasteiger partial charge on any atom is -0.497 e. The van der Waals surface area contributed by atoms with Gasteiger partial charge in [-0.2, -0.15) is 0 Å². The van der Waals surface area contributed by atoms with Crippen LogP contribution in [0.25, 0.3) is 0 Å². The molecule has 4 nitrogen and oxygen atoms in total. The van der Waals surface area contributed by atoms with Crippen LogP contribution in [0.3, 0.4) is 0 Å². The van der Waals surface area contributed by atoms with E-state index in [9.17, 15) is 0 Å². The maximum atomic E-state index is 5.50. The zero-order chi connectivity index (χ0) is 16.3. The van der Waals surface area contributed by atoms with Crippen molar-refractivity contribution in [2.45, 2.75) is 32.2 Å². The minimum atomic E-state index is 0.136. The van der Waals surface area contributed by atoms with E-state index in [1.54, 1.807) is 7.11 Å². The Morgan fingerprint density at radius 1 is 1.30 bits per heavy atom. The molecule has 0 radical (unpaired) electrons. The summed E-state index contributed by atoms with van der Waals surface area (Å²) in [5.41, 5.74) is 1.40. The molecule has 2 heterocycles. The SMILES string of the molecule is COc1cccc(N2CCN(CCC3CCOC3)CC2(C)C)c1. The quantitative estimate of drug-likeness (QED) is 0.833. The van der Waals surface area contributed by atoms with Crippen LogP contribution in [0.4, 0.5) is 5.69 Å². The first-order valence-corrected chi connectivity index (χ1v) is 8.80. The van der Waals surface area contributed by atoms with Gasteiger partial charge in [0.05, 0.1) is 7.11 Å². The highest BCUT2D eigenvalue weighted by atomic mass is 16.5. The summed E-state index contributed by atoms with van der Waals surface area (Å²) in [5.74, 6) is 1.71. The molecule has 3 rings (SSSR count). The summed E-state index contributed by atoms with van der Waals surface area (Å²) in [6, 6.07) is 8.43. The molecule has 2 saturated heterocycles. The molecule has 0 bridgehead atoms. The fourth-order valence-electron chi connectivity index (χ4n) is 3.88. The number of nitrogens with zero attached hydrogens (tertiary/aromatic N) is 2. The Morgan fingerprint density at radius 2 is 2.17 bits per heavy atom. The van der Waals surface area contributed by atoms with Crippen molar-refractivity contribution >= 4 is 5.69 Å². The van der Waals surface area contributed by atoms with Gasteiger partial charge in [-0.1, -0.05) is 6.07 Å². The van der Waals surface area contributed by atoms with Crippen LogP contribution in [0.1, 0.15) is 26.7 Å². The van der Waals surface area contributed by atoms with Gasteiger partial charge < -0.3 is 14.4 Å². The molecule has 0 amide bonds. The Kier molecular flexibility index (Phi) is 5.12. The lowest BCUT2D eigenvalue weighted by molar-refractivity contribution is 0.158. The Morgan fingerprint density at radius 3 is 2.87 bits per heavy atom. The predicted molar refractivity (Wildman–Crippen MR) is 94.4 cm³/mol. The van der Waals surface area contributed by atoms with Gasteiger partial charge in [0.1, 0.15) is 5.75 Å². The molecule has 0 N–H and O–H groups in total. The van der Waals surface area contributed by atoms with E-state index in [2.05, 4.69) is 41.8 Å². The van der Waals surface area contributed by atoms with Crippen LogP contribution in [-0.2, 0) is 4.74 Å². The monoisotopic (exact) mass is 318 g/mol. The van der Waals surface area contributed by atoms with Crippen molar-refractivity contribution in [3.8, 4) is 5.75 Å². The van der Waals surface area contributed by atoms with E-state index < -0.39 is 0 Å². The average Bonchev–Trinajstić information content (AvgIpc) is 3.05. The molecule has 0 aliphatic carbocycles. The zero-order valence-electron chi connectivity index (χ0n) is 14.8. The molecule has 2 fully saturated rings. The summed E-state index contributed by atoms with van der Waals surface area (Å²) in [6.07, 6.45) is 2.52. The van der Waals surface area contributed by atoms with Crippen LogP contribution in [0.5, 0.6) is 5.75 Å². The second kappa shape index (κ2) is 7.10. The lowest BCUT2D eigenvalue weighted by Crippen LogP contribution is -2.59. The molecule has 1 aromatic carbocycles. The van der Waals surface area contributed by atoms with Crippen LogP contribution in [0.15, 0.2) is 24.3 Å². The zero-order valence-corrected chi connectivity index (χ0v) is 14.8. The third kappa shape index (κ3) is 3.99. The Labute approximate surface area is 140 Å². The molecule has 4 heteroatoms. The maximum absolute atomic E-state index is 5.50. The summed E-state index contributed by atoms with van der Waals surface area (Å²) in [4.78, 5) is 5.14. The molecule has 23 heavy (non-hydrogen) atoms. The van der Waals surface area contributed by atoms with Crippen molar-refractivity contribution in [1.82, 2.24) is 4.90 Å². The van der Waals surface area contributed by atoms with E-state index in [0.29, 0.717) is 0 Å². The second-order valence-electron chi connectivity index (χ2n) is 7.46. The molecular formula is C19H30N2O2. The van der Waals surface area contributed by atoms with Crippen molar-refractivity contribution in [3.05, 3.63) is 24.3 Å². The van der Waals surface area contributed by atoms with Gasteiger partial charge in [-0.15, -0.1) is 0 Å². The lowest BCUT2D eigenvalue weighted by atomic mass is 9.96. The molecule has 0 aromatic heterocycles. The fourth-order valence-corrected chi connectivity index (χ4v) is 3.88. The van der Waals surface area contributed by atoms with E-state index in [-0.39, 0.29) is 5.54 Å². The summed E-state index contributed by atoms with van der Waals surface area (Å²) < 4.78 is 10.9. The van der Waals surface area contributed by atoms with Crippen LogP contribution in [0, 0.1) is 5.92 Å². The van der Waals surface area contributed by atoms with Crippen LogP contribution < -0.4 is 9.64 Å². The maximum Gasteiger partial charge on any atom is 0.120 e. The van der Waals surface area contributed by atoms with Crippen molar-refractivity contribution < 1.29 is 9.47 Å². The highest BCUT2D eigenvalue weighted by molar-refractivity contribution is 5.53. The number of hydrogen-bond donors (Lipinski definition) is 0. The fraction of sp³-hybridized carbons (Fsp3) is 0.684. The van der Waals surface area contributed by atoms with Crippen molar-refractivity contribution in [2.75, 3.05) is 51.4 Å². The Hall–Kier alpha value is -1.26. The molecule has 0 saturated carbocycles. The van der Waals surface area contributed by atoms with E-state index in [4.69, 9.17) is 9.47 Å². The van der Waals surface area contributed by atoms with Gasteiger partial charge in [0.2, 0.25) is 0 Å². The predicted octanol–water partition coefficient (Wildman–Crippen LogP) is 3.02. The Balaban J connectivity index is 1.60. The molecule has 2 aliphatic heterocycles. The number of methoxy groups -OCH3 is 1. The van der Waals surface area contributed by atoms with Crippen molar-refractivity contribution in [1.29, 1.82) is 0 Å². The summed E-state index contributed by atoms with van der Waals surface area (Å²) in [7, 11) is 1.73. The van der Waals surface area contributed by atoms with E-state index in [0.717, 1.165) is 44.5 Å². The summed E-state index contributed by atoms with van der Waals surface area (Å²) in [6.45, 7) is 11.1. The molecule has 128 valence electrons. The molecule has 0 spiro atoms. The molecule has 1 unspecified atom stereocenters. The number of benzene rings is 1. The largest absolute Gasteiger partial charge is 0.497 e. The number of rotatable bonds is 5. The summed E-state index contributed by atoms with van der Waals surface area (Å²) >= 11 is 0. The summed E-state index contributed by atoms with van der Waals surface area (Å²) in [5, 5.41) is 0. The Bertz CT molecular complexity index is 512. The standard InChI is InChI=1S/C19H30N2O2/c1-19(2)15-20(9-7-16-8-12-23-14-16)10-11-21(19)17-5-4-6-18(13-17)22-3/h4-6,13,16H,7-12,14-15H2,1-3H3. The van der Waals surface area contributed by atoms with Gasteiger partial charge >= 0.3 is 0 Å². The first-order valence-electron chi connectivity index (χ1n) is 8.80. The number of ether oxygens (including phenoxy) is 2. The van der Waals surface area contributed by atoms with Crippen LogP contribution in [0.2, 0.25) is 0 Å². The number of anilines is 1. The van der Waals surface area contributed by atoms with Gasteiger partial charge in [-0.05, 0) is 51.3 Å². The van der Waals surface area contributed by atoms with Crippen molar-refractivity contribution in [3.63, 3.8) is 0 Å². The third-order valence-electron chi connectivity index (χ3n) is 5.22. The topological polar surface area (TPSA) is 24.9 Å². The third-order valence-corrected chi connectivity index (χ3v) is 5.22. The normalized spacial score (nSPS) is 24.8. The molecule has 1 atom stereocenters. The second-order valence-corrected chi connectivity index (χ2v) is 7.46. The van der Waals surface area contributed by atoms with Crippen molar-refractivity contribution in [2.24, 2.45) is 5.92 Å². The van der Waals surface area contributed by atoms with E-state index >= 15 is 0 Å². The highest BCUT2D eigenvalue weighted by Gasteiger charge is 2.34. The lowest BCUT2D eigenvalue weighted by Gasteiger charge is -2.48. The van der Waals surface area contributed by atoms with Gasteiger partial charge in [0, 0.05) is 50.1 Å². The smallest absolute Gasteiger partial charge is 0.120 e. The average molecular weight is 318 g/mol. The van der Waals surface area contributed by atoms with E-state index in [1.165, 1.54) is 25.1 Å². The van der Waals surface area contributed by atoms with Gasteiger partial charge in [-0.25, -0.2) is 0 Å². The number of hydrogen-bond acceptors (Lipinski definition) is 4. The highest BCUT2D eigenvalue weighted by Crippen LogP contribution is 2.30. The molecule has 2 aliphatic rings. The first-order chi connectivity index (χ1) is 11.1.